The van der Waals surface area contributed by atoms with E-state index in [1.807, 2.05) is 12.3 Å². The number of aryl methyl sites for hydroxylation is 3. The second-order valence-corrected chi connectivity index (χ2v) is 4.21. The van der Waals surface area contributed by atoms with Crippen molar-refractivity contribution in [2.75, 3.05) is 5.73 Å². The van der Waals surface area contributed by atoms with Gasteiger partial charge in [0.15, 0.2) is 0 Å². The van der Waals surface area contributed by atoms with Crippen LogP contribution in [0.25, 0.3) is 11.1 Å². The standard InChI is InChI=1S/C14H16N2/c1-9-6-11(3)12(7-10(9)2)13-8-16-5-4-14(13)15/h4-8H,1-3H3,(H2,15,16). The summed E-state index contributed by atoms with van der Waals surface area (Å²) in [6, 6.07) is 6.21. The lowest BCUT2D eigenvalue weighted by Crippen LogP contribution is -1.94. The van der Waals surface area contributed by atoms with Gasteiger partial charge in [0.2, 0.25) is 0 Å². The fraction of sp³-hybridized carbons (Fsp3) is 0.214. The number of pyridine rings is 1. The third-order valence-electron chi connectivity index (χ3n) is 2.99. The van der Waals surface area contributed by atoms with E-state index in [0.29, 0.717) is 0 Å². The molecule has 0 amide bonds. The Morgan fingerprint density at radius 1 is 0.938 bits per heavy atom. The molecule has 2 aromatic rings. The van der Waals surface area contributed by atoms with Gasteiger partial charge in [0.05, 0.1) is 0 Å². The summed E-state index contributed by atoms with van der Waals surface area (Å²) in [6.07, 6.45) is 3.54. The minimum absolute atomic E-state index is 0.779. The molecule has 0 aliphatic heterocycles. The molecule has 0 fully saturated rings. The summed E-state index contributed by atoms with van der Waals surface area (Å²) in [4.78, 5) is 4.14. The molecule has 0 radical (unpaired) electrons. The van der Waals surface area contributed by atoms with E-state index in [4.69, 9.17) is 5.73 Å². The lowest BCUT2D eigenvalue weighted by molar-refractivity contribution is 1.28. The highest BCUT2D eigenvalue weighted by molar-refractivity contribution is 5.78. The van der Waals surface area contributed by atoms with E-state index in [2.05, 4.69) is 37.9 Å². The topological polar surface area (TPSA) is 38.9 Å². The normalized spacial score (nSPS) is 10.4. The van der Waals surface area contributed by atoms with Crippen molar-refractivity contribution < 1.29 is 0 Å². The van der Waals surface area contributed by atoms with Crippen LogP contribution in [0.15, 0.2) is 30.6 Å². The van der Waals surface area contributed by atoms with E-state index in [1.54, 1.807) is 6.20 Å². The average Bonchev–Trinajstić information content (AvgIpc) is 2.25. The minimum Gasteiger partial charge on any atom is -0.398 e. The third-order valence-corrected chi connectivity index (χ3v) is 2.99. The number of nitrogen functional groups attached to an aromatic ring is 1. The molecule has 82 valence electrons. The van der Waals surface area contributed by atoms with Gasteiger partial charge >= 0.3 is 0 Å². The van der Waals surface area contributed by atoms with Gasteiger partial charge in [-0.25, -0.2) is 0 Å². The number of nitrogens with two attached hydrogens (primary N) is 1. The maximum Gasteiger partial charge on any atom is 0.0424 e. The van der Waals surface area contributed by atoms with Crippen molar-refractivity contribution in [1.82, 2.24) is 4.98 Å². The quantitative estimate of drug-likeness (QED) is 0.788. The predicted molar refractivity (Wildman–Crippen MR) is 68.3 cm³/mol. The minimum atomic E-state index is 0.779. The van der Waals surface area contributed by atoms with E-state index in [1.165, 1.54) is 22.3 Å². The largest absolute Gasteiger partial charge is 0.398 e. The number of nitrogens with zero attached hydrogens (tertiary/aromatic N) is 1. The summed E-state index contributed by atoms with van der Waals surface area (Å²) in [5, 5.41) is 0. The Labute approximate surface area is 96.1 Å². The van der Waals surface area contributed by atoms with Crippen LogP contribution in [0.4, 0.5) is 5.69 Å². The molecule has 0 aliphatic rings. The highest BCUT2D eigenvalue weighted by Gasteiger charge is 2.07. The molecule has 1 aromatic carbocycles. The molecule has 0 saturated carbocycles. The lowest BCUT2D eigenvalue weighted by atomic mass is 9.96. The van der Waals surface area contributed by atoms with Crippen molar-refractivity contribution in [2.45, 2.75) is 20.8 Å². The fourth-order valence-corrected chi connectivity index (χ4v) is 1.88. The maximum absolute atomic E-state index is 5.97. The number of anilines is 1. The molecule has 1 heterocycles. The van der Waals surface area contributed by atoms with E-state index in [9.17, 15) is 0 Å². The summed E-state index contributed by atoms with van der Waals surface area (Å²) >= 11 is 0. The second kappa shape index (κ2) is 3.97. The second-order valence-electron chi connectivity index (χ2n) is 4.21. The fourth-order valence-electron chi connectivity index (χ4n) is 1.88. The van der Waals surface area contributed by atoms with Crippen LogP contribution in [0.1, 0.15) is 16.7 Å². The van der Waals surface area contributed by atoms with Crippen molar-refractivity contribution in [3.8, 4) is 11.1 Å². The van der Waals surface area contributed by atoms with Crippen LogP contribution >= 0.6 is 0 Å². The van der Waals surface area contributed by atoms with Gasteiger partial charge in [0.25, 0.3) is 0 Å². The van der Waals surface area contributed by atoms with Gasteiger partial charge in [-0.2, -0.15) is 0 Å². The van der Waals surface area contributed by atoms with Gasteiger partial charge < -0.3 is 5.73 Å². The Bertz CT molecular complexity index is 530. The molecule has 0 atom stereocenters. The molecular formula is C14H16N2. The first-order valence-electron chi connectivity index (χ1n) is 5.37. The summed E-state index contributed by atoms with van der Waals surface area (Å²) in [7, 11) is 0. The highest BCUT2D eigenvalue weighted by Crippen LogP contribution is 2.29. The van der Waals surface area contributed by atoms with E-state index in [0.717, 1.165) is 11.3 Å². The van der Waals surface area contributed by atoms with Gasteiger partial charge in [-0.3, -0.25) is 4.98 Å². The van der Waals surface area contributed by atoms with Gasteiger partial charge in [-0.15, -0.1) is 0 Å². The first kappa shape index (κ1) is 10.7. The Kier molecular flexibility index (Phi) is 2.65. The van der Waals surface area contributed by atoms with Crippen LogP contribution in [0, 0.1) is 20.8 Å². The molecule has 2 nitrogen and oxygen atoms in total. The van der Waals surface area contributed by atoms with Gasteiger partial charge in [-0.05, 0) is 49.1 Å². The van der Waals surface area contributed by atoms with Gasteiger partial charge in [0.1, 0.15) is 0 Å². The first-order chi connectivity index (χ1) is 7.59. The molecule has 0 spiro atoms. The smallest absolute Gasteiger partial charge is 0.0424 e. The maximum atomic E-state index is 5.97. The van der Waals surface area contributed by atoms with Crippen molar-refractivity contribution in [2.24, 2.45) is 0 Å². The zero-order chi connectivity index (χ0) is 11.7. The van der Waals surface area contributed by atoms with Crippen molar-refractivity contribution in [1.29, 1.82) is 0 Å². The molecule has 0 saturated heterocycles. The number of hydrogen-bond donors (Lipinski definition) is 1. The summed E-state index contributed by atoms with van der Waals surface area (Å²) in [5.41, 5.74) is 12.8. The highest BCUT2D eigenvalue weighted by atomic mass is 14.7. The van der Waals surface area contributed by atoms with E-state index >= 15 is 0 Å². The van der Waals surface area contributed by atoms with Crippen LogP contribution in [0.2, 0.25) is 0 Å². The SMILES string of the molecule is Cc1cc(C)c(-c2cnccc2N)cc1C. The molecular weight excluding hydrogens is 196 g/mol. The molecule has 2 heteroatoms. The monoisotopic (exact) mass is 212 g/mol. The van der Waals surface area contributed by atoms with Crippen LogP contribution in [-0.2, 0) is 0 Å². The molecule has 2 N–H and O–H groups in total. The first-order valence-corrected chi connectivity index (χ1v) is 5.37. The lowest BCUT2D eigenvalue weighted by Gasteiger charge is -2.11. The average molecular weight is 212 g/mol. The Morgan fingerprint density at radius 2 is 1.62 bits per heavy atom. The molecule has 1 aromatic heterocycles. The number of rotatable bonds is 1. The van der Waals surface area contributed by atoms with Gasteiger partial charge in [-0.1, -0.05) is 12.1 Å². The van der Waals surface area contributed by atoms with Crippen LogP contribution in [0.3, 0.4) is 0 Å². The number of hydrogen-bond acceptors (Lipinski definition) is 2. The molecule has 0 unspecified atom stereocenters. The van der Waals surface area contributed by atoms with Crippen LogP contribution < -0.4 is 5.73 Å². The summed E-state index contributed by atoms with van der Waals surface area (Å²) < 4.78 is 0. The van der Waals surface area contributed by atoms with Crippen LogP contribution in [0.5, 0.6) is 0 Å². The Hall–Kier alpha value is -1.83. The third kappa shape index (κ3) is 1.78. The summed E-state index contributed by atoms with van der Waals surface area (Å²) in [5.74, 6) is 0. The van der Waals surface area contributed by atoms with Crippen molar-refractivity contribution in [3.63, 3.8) is 0 Å². The number of aromatic nitrogens is 1. The summed E-state index contributed by atoms with van der Waals surface area (Å²) in [6.45, 7) is 6.34. The predicted octanol–water partition coefficient (Wildman–Crippen LogP) is 3.26. The number of benzene rings is 1. The van der Waals surface area contributed by atoms with Gasteiger partial charge in [0, 0.05) is 23.6 Å². The Balaban J connectivity index is 2.65. The zero-order valence-electron chi connectivity index (χ0n) is 9.91. The molecule has 0 bridgehead atoms. The van der Waals surface area contributed by atoms with Crippen molar-refractivity contribution >= 4 is 5.69 Å². The van der Waals surface area contributed by atoms with E-state index in [-0.39, 0.29) is 0 Å². The zero-order valence-corrected chi connectivity index (χ0v) is 9.91. The molecule has 16 heavy (non-hydrogen) atoms. The Morgan fingerprint density at radius 3 is 2.31 bits per heavy atom. The molecule has 0 aliphatic carbocycles. The molecule has 2 rings (SSSR count). The van der Waals surface area contributed by atoms with Crippen LogP contribution in [-0.4, -0.2) is 4.98 Å². The van der Waals surface area contributed by atoms with E-state index < -0.39 is 0 Å². The van der Waals surface area contributed by atoms with Crippen molar-refractivity contribution in [3.05, 3.63) is 47.3 Å².